The van der Waals surface area contributed by atoms with Gasteiger partial charge in [0.25, 0.3) is 0 Å². The number of ether oxygens (including phenoxy) is 2. The van der Waals surface area contributed by atoms with Crippen LogP contribution in [0.15, 0.2) is 73.2 Å². The average Bonchev–Trinajstić information content (AvgIpc) is 2.53. The first-order chi connectivity index (χ1) is 9.77. The lowest BCUT2D eigenvalue weighted by Crippen LogP contribution is -2.02. The molecule has 0 N–H and O–H groups in total. The lowest BCUT2D eigenvalue weighted by molar-refractivity contribution is 0.0599. The van der Waals surface area contributed by atoms with Crippen LogP contribution in [-0.4, -0.2) is 11.9 Å². The van der Waals surface area contributed by atoms with E-state index in [9.17, 15) is 9.59 Å². The molecular weight excluding hydrogens is 256 g/mol. The zero-order valence-corrected chi connectivity index (χ0v) is 10.6. The fourth-order valence-corrected chi connectivity index (χ4v) is 1.46. The fraction of sp³-hybridized carbons (Fsp3) is 0. The predicted octanol–water partition coefficient (Wildman–Crippen LogP) is 3.17. The van der Waals surface area contributed by atoms with Crippen molar-refractivity contribution in [1.29, 1.82) is 0 Å². The van der Waals surface area contributed by atoms with Crippen molar-refractivity contribution in [2.45, 2.75) is 0 Å². The Labute approximate surface area is 116 Å². The van der Waals surface area contributed by atoms with E-state index in [1.807, 2.05) is 0 Å². The summed E-state index contributed by atoms with van der Waals surface area (Å²) in [5, 5.41) is 0. The van der Waals surface area contributed by atoms with Crippen molar-refractivity contribution in [3.05, 3.63) is 84.3 Å². The van der Waals surface area contributed by atoms with Crippen molar-refractivity contribution in [3.63, 3.8) is 0 Å². The molecule has 0 aliphatic rings. The Morgan fingerprint density at radius 2 is 1.00 bits per heavy atom. The first kappa shape index (κ1) is 13.5. The van der Waals surface area contributed by atoms with Crippen LogP contribution in [0.25, 0.3) is 0 Å². The van der Waals surface area contributed by atoms with Gasteiger partial charge in [0.05, 0.1) is 11.1 Å². The highest BCUT2D eigenvalue weighted by Gasteiger charge is 2.05. The molecule has 0 fully saturated rings. The number of carbonyl (C=O) groups is 2. The van der Waals surface area contributed by atoms with Gasteiger partial charge in [-0.3, -0.25) is 0 Å². The quantitative estimate of drug-likeness (QED) is 0.631. The SMILES string of the molecule is O=C(O/C=C/OC(=O)c1ccccc1)c1ccccc1. The maximum atomic E-state index is 11.5. The maximum absolute atomic E-state index is 11.5. The summed E-state index contributed by atoms with van der Waals surface area (Å²) in [6, 6.07) is 17.1. The minimum atomic E-state index is -0.516. The van der Waals surface area contributed by atoms with Crippen LogP contribution in [0.1, 0.15) is 20.7 Å². The summed E-state index contributed by atoms with van der Waals surface area (Å²) in [5.74, 6) is -1.03. The summed E-state index contributed by atoms with van der Waals surface area (Å²) in [6.07, 6.45) is 2.08. The third-order valence-corrected chi connectivity index (χ3v) is 2.42. The van der Waals surface area contributed by atoms with Crippen molar-refractivity contribution in [3.8, 4) is 0 Å². The van der Waals surface area contributed by atoms with E-state index in [1.54, 1.807) is 60.7 Å². The van der Waals surface area contributed by atoms with Crippen LogP contribution in [0.2, 0.25) is 0 Å². The van der Waals surface area contributed by atoms with Gasteiger partial charge in [0.2, 0.25) is 0 Å². The fourth-order valence-electron chi connectivity index (χ4n) is 1.46. The highest BCUT2D eigenvalue weighted by atomic mass is 16.6. The Morgan fingerprint density at radius 3 is 1.35 bits per heavy atom. The van der Waals surface area contributed by atoms with Crippen LogP contribution in [0.3, 0.4) is 0 Å². The molecule has 2 aromatic carbocycles. The third kappa shape index (κ3) is 3.81. The molecule has 4 heteroatoms. The molecule has 0 heterocycles. The summed E-state index contributed by atoms with van der Waals surface area (Å²) in [6.45, 7) is 0. The lowest BCUT2D eigenvalue weighted by atomic mass is 10.2. The van der Waals surface area contributed by atoms with E-state index in [0.717, 1.165) is 12.5 Å². The molecule has 0 amide bonds. The first-order valence-corrected chi connectivity index (χ1v) is 5.94. The second-order valence-corrected chi connectivity index (χ2v) is 3.81. The predicted molar refractivity (Wildman–Crippen MR) is 72.9 cm³/mol. The van der Waals surface area contributed by atoms with E-state index in [0.29, 0.717) is 11.1 Å². The highest BCUT2D eigenvalue weighted by molar-refractivity contribution is 5.90. The van der Waals surface area contributed by atoms with Crippen molar-refractivity contribution >= 4 is 11.9 Å². The van der Waals surface area contributed by atoms with Crippen molar-refractivity contribution in [1.82, 2.24) is 0 Å². The minimum Gasteiger partial charge on any atom is -0.428 e. The molecular formula is C16H12O4. The van der Waals surface area contributed by atoms with E-state index in [1.165, 1.54) is 0 Å². The smallest absolute Gasteiger partial charge is 0.343 e. The van der Waals surface area contributed by atoms with Crippen LogP contribution < -0.4 is 0 Å². The van der Waals surface area contributed by atoms with Crippen LogP contribution in [0.5, 0.6) is 0 Å². The molecule has 20 heavy (non-hydrogen) atoms. The van der Waals surface area contributed by atoms with E-state index < -0.39 is 11.9 Å². The molecule has 2 rings (SSSR count). The molecule has 0 spiro atoms. The van der Waals surface area contributed by atoms with E-state index in [-0.39, 0.29) is 0 Å². The van der Waals surface area contributed by atoms with Gasteiger partial charge in [-0.1, -0.05) is 36.4 Å². The van der Waals surface area contributed by atoms with Crippen molar-refractivity contribution in [2.75, 3.05) is 0 Å². The van der Waals surface area contributed by atoms with Crippen LogP contribution in [-0.2, 0) is 9.47 Å². The van der Waals surface area contributed by atoms with Gasteiger partial charge in [0.1, 0.15) is 12.5 Å². The van der Waals surface area contributed by atoms with Crippen LogP contribution in [0.4, 0.5) is 0 Å². The molecule has 0 aliphatic heterocycles. The minimum absolute atomic E-state index is 0.423. The van der Waals surface area contributed by atoms with Gasteiger partial charge in [-0.2, -0.15) is 0 Å². The topological polar surface area (TPSA) is 52.6 Å². The van der Waals surface area contributed by atoms with Gasteiger partial charge in [-0.25, -0.2) is 9.59 Å². The normalized spacial score (nSPS) is 10.2. The lowest BCUT2D eigenvalue weighted by Gasteiger charge is -2.00. The molecule has 0 aliphatic carbocycles. The van der Waals surface area contributed by atoms with Crippen LogP contribution in [0, 0.1) is 0 Å². The Balaban J connectivity index is 1.83. The molecule has 0 aromatic heterocycles. The standard InChI is InChI=1S/C16H12O4/c17-15(13-7-3-1-4-8-13)19-11-12-20-16(18)14-9-5-2-6-10-14/h1-12H/b12-11+. The maximum Gasteiger partial charge on any atom is 0.343 e. The highest BCUT2D eigenvalue weighted by Crippen LogP contribution is 2.03. The first-order valence-electron chi connectivity index (χ1n) is 5.94. The van der Waals surface area contributed by atoms with Crippen LogP contribution >= 0.6 is 0 Å². The molecule has 0 unspecified atom stereocenters. The molecule has 100 valence electrons. The number of hydrogen-bond donors (Lipinski definition) is 0. The summed E-state index contributed by atoms with van der Waals surface area (Å²) >= 11 is 0. The number of benzene rings is 2. The number of hydrogen-bond acceptors (Lipinski definition) is 4. The van der Waals surface area contributed by atoms with E-state index in [2.05, 4.69) is 0 Å². The zero-order valence-electron chi connectivity index (χ0n) is 10.6. The third-order valence-electron chi connectivity index (χ3n) is 2.42. The monoisotopic (exact) mass is 268 g/mol. The summed E-state index contributed by atoms with van der Waals surface area (Å²) < 4.78 is 9.64. The van der Waals surface area contributed by atoms with E-state index >= 15 is 0 Å². The summed E-state index contributed by atoms with van der Waals surface area (Å²) in [5.41, 5.74) is 0.845. The van der Waals surface area contributed by atoms with Gasteiger partial charge in [0.15, 0.2) is 0 Å². The Hall–Kier alpha value is -2.88. The van der Waals surface area contributed by atoms with Crippen molar-refractivity contribution < 1.29 is 19.1 Å². The molecule has 0 saturated carbocycles. The second kappa shape index (κ2) is 6.89. The number of carbonyl (C=O) groups excluding carboxylic acids is 2. The molecule has 0 atom stereocenters. The Morgan fingerprint density at radius 1 is 0.650 bits per heavy atom. The number of rotatable bonds is 4. The van der Waals surface area contributed by atoms with Gasteiger partial charge < -0.3 is 9.47 Å². The van der Waals surface area contributed by atoms with Gasteiger partial charge in [-0.15, -0.1) is 0 Å². The van der Waals surface area contributed by atoms with Gasteiger partial charge >= 0.3 is 11.9 Å². The molecule has 0 saturated heterocycles. The van der Waals surface area contributed by atoms with Crippen molar-refractivity contribution in [2.24, 2.45) is 0 Å². The molecule has 0 radical (unpaired) electrons. The van der Waals surface area contributed by atoms with Gasteiger partial charge in [0, 0.05) is 0 Å². The Kier molecular flexibility index (Phi) is 4.67. The summed E-state index contributed by atoms with van der Waals surface area (Å²) in [7, 11) is 0. The number of esters is 2. The second-order valence-electron chi connectivity index (χ2n) is 3.81. The van der Waals surface area contributed by atoms with E-state index in [4.69, 9.17) is 9.47 Å². The molecule has 2 aromatic rings. The largest absolute Gasteiger partial charge is 0.428 e. The zero-order chi connectivity index (χ0) is 14.2. The Bertz CT molecular complexity index is 547. The summed E-state index contributed by atoms with van der Waals surface area (Å²) in [4.78, 5) is 23.1. The van der Waals surface area contributed by atoms with Gasteiger partial charge in [-0.05, 0) is 24.3 Å². The average molecular weight is 268 g/mol. The molecule has 0 bridgehead atoms. The molecule has 4 nitrogen and oxygen atoms in total.